The molecule has 1 amide bonds. The molecule has 0 bridgehead atoms. The highest BCUT2D eigenvalue weighted by Crippen LogP contribution is 2.18. The van der Waals surface area contributed by atoms with Crippen molar-refractivity contribution in [2.75, 3.05) is 19.0 Å². The van der Waals surface area contributed by atoms with Gasteiger partial charge in [-0.25, -0.2) is 0 Å². The van der Waals surface area contributed by atoms with Crippen molar-refractivity contribution in [2.24, 2.45) is 5.92 Å². The summed E-state index contributed by atoms with van der Waals surface area (Å²) < 4.78 is 0. The molecule has 0 saturated carbocycles. The van der Waals surface area contributed by atoms with E-state index in [-0.39, 0.29) is 11.8 Å². The zero-order chi connectivity index (χ0) is 7.56. The van der Waals surface area contributed by atoms with Crippen LogP contribution in [0.4, 0.5) is 0 Å². The molecule has 1 fully saturated rings. The van der Waals surface area contributed by atoms with Crippen LogP contribution in [-0.2, 0) is 4.79 Å². The number of hydrogen-bond donors (Lipinski definition) is 0. The van der Waals surface area contributed by atoms with E-state index in [2.05, 4.69) is 6.92 Å². The second-order valence-electron chi connectivity index (χ2n) is 2.71. The fourth-order valence-electron chi connectivity index (χ4n) is 1.12. The van der Waals surface area contributed by atoms with Gasteiger partial charge in [0.15, 0.2) is 0 Å². The minimum absolute atomic E-state index is 0.0753. The van der Waals surface area contributed by atoms with Gasteiger partial charge in [-0.1, -0.05) is 6.92 Å². The predicted octanol–water partition coefficient (Wildman–Crippen LogP) is 1.09. The van der Waals surface area contributed by atoms with Crippen LogP contribution in [-0.4, -0.2) is 29.8 Å². The Balaban J connectivity index is 2.19. The summed E-state index contributed by atoms with van der Waals surface area (Å²) in [5.41, 5.74) is 0. The van der Waals surface area contributed by atoms with Crippen molar-refractivity contribution in [3.63, 3.8) is 0 Å². The van der Waals surface area contributed by atoms with E-state index in [0.29, 0.717) is 0 Å². The fraction of sp³-hybridized carbons (Fsp3) is 0.857. The Hall–Kier alpha value is -0.240. The van der Waals surface area contributed by atoms with Crippen molar-refractivity contribution >= 4 is 17.5 Å². The fourth-order valence-corrected chi connectivity index (χ4v) is 1.29. The van der Waals surface area contributed by atoms with Gasteiger partial charge in [0.2, 0.25) is 5.91 Å². The molecule has 0 radical (unpaired) electrons. The molecule has 0 atom stereocenters. The third-order valence-electron chi connectivity index (χ3n) is 2.00. The van der Waals surface area contributed by atoms with Gasteiger partial charge in [-0.15, -0.1) is 11.6 Å². The zero-order valence-electron chi connectivity index (χ0n) is 6.14. The minimum Gasteiger partial charge on any atom is -0.341 e. The topological polar surface area (TPSA) is 20.3 Å². The lowest BCUT2D eigenvalue weighted by Gasteiger charge is -2.38. The third-order valence-corrected chi connectivity index (χ3v) is 2.23. The van der Waals surface area contributed by atoms with E-state index in [1.54, 1.807) is 4.90 Å². The van der Waals surface area contributed by atoms with Crippen molar-refractivity contribution < 1.29 is 4.79 Å². The molecule has 3 heteroatoms. The van der Waals surface area contributed by atoms with Crippen molar-refractivity contribution in [3.05, 3.63) is 0 Å². The van der Waals surface area contributed by atoms with E-state index in [1.165, 1.54) is 6.42 Å². The highest BCUT2D eigenvalue weighted by molar-refractivity contribution is 6.27. The van der Waals surface area contributed by atoms with Crippen LogP contribution >= 0.6 is 11.6 Å². The Morgan fingerprint density at radius 1 is 1.70 bits per heavy atom. The lowest BCUT2D eigenvalue weighted by molar-refractivity contribution is -0.134. The molecule has 0 spiro atoms. The molecule has 0 aromatic heterocycles. The van der Waals surface area contributed by atoms with Gasteiger partial charge < -0.3 is 4.90 Å². The molecule has 0 aromatic carbocycles. The average Bonchev–Trinajstić information content (AvgIpc) is 1.85. The Kier molecular flexibility index (Phi) is 2.55. The zero-order valence-corrected chi connectivity index (χ0v) is 6.90. The second-order valence-corrected chi connectivity index (χ2v) is 2.97. The number of carbonyl (C=O) groups excluding carboxylic acids is 1. The monoisotopic (exact) mass is 161 g/mol. The van der Waals surface area contributed by atoms with Gasteiger partial charge in [0.05, 0.1) is 0 Å². The van der Waals surface area contributed by atoms with Crippen LogP contribution < -0.4 is 0 Å². The SMILES string of the molecule is CCC1CN(C(=O)CCl)C1. The van der Waals surface area contributed by atoms with E-state index in [9.17, 15) is 4.79 Å². The van der Waals surface area contributed by atoms with Crippen molar-refractivity contribution in [1.29, 1.82) is 0 Å². The molecular formula is C7H12ClNO. The molecule has 1 rings (SSSR count). The molecule has 0 N–H and O–H groups in total. The Labute approximate surface area is 66.1 Å². The molecule has 1 aliphatic heterocycles. The summed E-state index contributed by atoms with van der Waals surface area (Å²) in [4.78, 5) is 12.7. The number of carbonyl (C=O) groups is 1. The summed E-state index contributed by atoms with van der Waals surface area (Å²) in [6.07, 6.45) is 1.17. The molecule has 2 nitrogen and oxygen atoms in total. The highest BCUT2D eigenvalue weighted by Gasteiger charge is 2.27. The van der Waals surface area contributed by atoms with E-state index >= 15 is 0 Å². The molecule has 0 unspecified atom stereocenters. The van der Waals surface area contributed by atoms with E-state index in [0.717, 1.165) is 19.0 Å². The van der Waals surface area contributed by atoms with Gasteiger partial charge in [0, 0.05) is 13.1 Å². The van der Waals surface area contributed by atoms with Gasteiger partial charge in [0.1, 0.15) is 5.88 Å². The van der Waals surface area contributed by atoms with Crippen LogP contribution in [0.2, 0.25) is 0 Å². The first kappa shape index (κ1) is 7.86. The first-order valence-electron chi connectivity index (χ1n) is 3.61. The first-order valence-corrected chi connectivity index (χ1v) is 4.15. The molecule has 1 saturated heterocycles. The number of nitrogens with zero attached hydrogens (tertiary/aromatic N) is 1. The lowest BCUT2D eigenvalue weighted by Crippen LogP contribution is -2.50. The number of halogens is 1. The van der Waals surface area contributed by atoms with Crippen LogP contribution in [0.15, 0.2) is 0 Å². The van der Waals surface area contributed by atoms with Crippen LogP contribution in [0, 0.1) is 5.92 Å². The van der Waals surface area contributed by atoms with Gasteiger partial charge in [-0.2, -0.15) is 0 Å². The van der Waals surface area contributed by atoms with Gasteiger partial charge >= 0.3 is 0 Å². The summed E-state index contributed by atoms with van der Waals surface area (Å²) in [7, 11) is 0. The number of rotatable bonds is 2. The Bertz CT molecular complexity index is 132. The normalized spacial score (nSPS) is 18.8. The maximum atomic E-state index is 10.8. The number of hydrogen-bond acceptors (Lipinski definition) is 1. The van der Waals surface area contributed by atoms with Crippen molar-refractivity contribution in [1.82, 2.24) is 4.90 Å². The molecule has 58 valence electrons. The average molecular weight is 162 g/mol. The van der Waals surface area contributed by atoms with Crippen LogP contribution in [0.5, 0.6) is 0 Å². The highest BCUT2D eigenvalue weighted by atomic mass is 35.5. The molecule has 1 aliphatic rings. The standard InChI is InChI=1S/C7H12ClNO/c1-2-6-4-9(5-6)7(10)3-8/h6H,2-5H2,1H3. The molecule has 0 aliphatic carbocycles. The summed E-state index contributed by atoms with van der Waals surface area (Å²) in [6.45, 7) is 3.98. The summed E-state index contributed by atoms with van der Waals surface area (Å²) in [5, 5.41) is 0. The van der Waals surface area contributed by atoms with Crippen LogP contribution in [0.3, 0.4) is 0 Å². The van der Waals surface area contributed by atoms with E-state index < -0.39 is 0 Å². The predicted molar refractivity (Wildman–Crippen MR) is 41.1 cm³/mol. The number of alkyl halides is 1. The summed E-state index contributed by atoms with van der Waals surface area (Å²) in [5.74, 6) is 0.940. The second kappa shape index (κ2) is 3.24. The largest absolute Gasteiger partial charge is 0.341 e. The molecular weight excluding hydrogens is 150 g/mol. The van der Waals surface area contributed by atoms with E-state index in [1.807, 2.05) is 0 Å². The van der Waals surface area contributed by atoms with E-state index in [4.69, 9.17) is 11.6 Å². The van der Waals surface area contributed by atoms with Gasteiger partial charge in [-0.05, 0) is 12.3 Å². The summed E-state index contributed by atoms with van der Waals surface area (Å²) in [6, 6.07) is 0. The molecule has 0 aromatic rings. The Morgan fingerprint density at radius 2 is 2.30 bits per heavy atom. The summed E-state index contributed by atoms with van der Waals surface area (Å²) >= 11 is 5.36. The minimum atomic E-state index is 0.0753. The first-order chi connectivity index (χ1) is 4.77. The number of likely N-dealkylation sites (tertiary alicyclic amines) is 1. The lowest BCUT2D eigenvalue weighted by atomic mass is 9.98. The molecule has 1 heterocycles. The van der Waals surface area contributed by atoms with Crippen LogP contribution in [0.1, 0.15) is 13.3 Å². The Morgan fingerprint density at radius 3 is 2.70 bits per heavy atom. The van der Waals surface area contributed by atoms with Crippen LogP contribution in [0.25, 0.3) is 0 Å². The van der Waals surface area contributed by atoms with Crippen molar-refractivity contribution in [3.8, 4) is 0 Å². The van der Waals surface area contributed by atoms with Crippen molar-refractivity contribution in [2.45, 2.75) is 13.3 Å². The molecule has 10 heavy (non-hydrogen) atoms. The third kappa shape index (κ3) is 1.43. The van der Waals surface area contributed by atoms with Gasteiger partial charge in [0.25, 0.3) is 0 Å². The smallest absolute Gasteiger partial charge is 0.237 e. The van der Waals surface area contributed by atoms with Gasteiger partial charge in [-0.3, -0.25) is 4.79 Å². The number of amides is 1. The maximum Gasteiger partial charge on any atom is 0.237 e. The maximum absolute atomic E-state index is 10.8. The quantitative estimate of drug-likeness (QED) is 0.556.